The van der Waals surface area contributed by atoms with Gasteiger partial charge in [0.15, 0.2) is 6.29 Å². The van der Waals surface area contributed by atoms with Gasteiger partial charge < -0.3 is 18.5 Å². The number of rotatable bonds is 12. The Bertz CT molecular complexity index is 532. The molecule has 0 spiro atoms. The summed E-state index contributed by atoms with van der Waals surface area (Å²) in [5.41, 5.74) is 0. The second-order valence-corrected chi connectivity index (χ2v) is 9.04. The zero-order chi connectivity index (χ0) is 18.8. The molecule has 0 aromatic rings. The van der Waals surface area contributed by atoms with Gasteiger partial charge in [-0.3, -0.25) is 8.75 Å². The van der Waals surface area contributed by atoms with Crippen LogP contribution in [0.15, 0.2) is 11.9 Å². The first-order valence-electron chi connectivity index (χ1n) is 8.47. The Kier molecular flexibility index (Phi) is 10.4. The third-order valence-electron chi connectivity index (χ3n) is 3.27. The predicted octanol–water partition coefficient (Wildman–Crippen LogP) is 3.04. The summed E-state index contributed by atoms with van der Waals surface area (Å²) in [5.74, 6) is 1.36. The van der Waals surface area contributed by atoms with E-state index in [4.69, 9.17) is 22.7 Å². The smallest absolute Gasteiger partial charge is 0.353 e. The summed E-state index contributed by atoms with van der Waals surface area (Å²) in [4.78, 5) is 0. The van der Waals surface area contributed by atoms with Crippen molar-refractivity contribution in [1.29, 1.82) is 0 Å². The van der Waals surface area contributed by atoms with Crippen LogP contribution in [-0.2, 0) is 37.4 Å². The molecular formula is C15H29O8PS. The lowest BCUT2D eigenvalue weighted by atomic mass is 10.2. The van der Waals surface area contributed by atoms with E-state index in [1.165, 1.54) is 5.82 Å². The van der Waals surface area contributed by atoms with E-state index in [0.717, 1.165) is 25.5 Å². The summed E-state index contributed by atoms with van der Waals surface area (Å²) in [5, 5.41) is 0. The Morgan fingerprint density at radius 1 is 1.24 bits per heavy atom. The van der Waals surface area contributed by atoms with Gasteiger partial charge in [-0.15, -0.1) is 0 Å². The Morgan fingerprint density at radius 2 is 1.92 bits per heavy atom. The molecular weight excluding hydrogens is 371 g/mol. The Hall–Kier alpha value is -0.280. The third-order valence-corrected chi connectivity index (χ3v) is 5.63. The summed E-state index contributed by atoms with van der Waals surface area (Å²) in [6, 6.07) is 0. The maximum atomic E-state index is 12.5. The lowest BCUT2D eigenvalue weighted by molar-refractivity contribution is -0.180. The molecule has 25 heavy (non-hydrogen) atoms. The number of ether oxygens (including phenoxy) is 2. The summed E-state index contributed by atoms with van der Waals surface area (Å²) in [6.45, 7) is 4.52. The highest BCUT2D eigenvalue weighted by Crippen LogP contribution is 2.49. The van der Waals surface area contributed by atoms with Gasteiger partial charge in [0.1, 0.15) is 0 Å². The summed E-state index contributed by atoms with van der Waals surface area (Å²) >= 11 is 0. The van der Waals surface area contributed by atoms with Gasteiger partial charge in [-0.2, -0.15) is 8.42 Å². The highest BCUT2D eigenvalue weighted by Gasteiger charge is 2.23. The minimum Gasteiger partial charge on any atom is -0.353 e. The second kappa shape index (κ2) is 11.4. The van der Waals surface area contributed by atoms with E-state index >= 15 is 0 Å². The Labute approximate surface area is 150 Å². The van der Waals surface area contributed by atoms with E-state index in [1.54, 1.807) is 19.9 Å². The molecule has 0 amide bonds. The van der Waals surface area contributed by atoms with Crippen LogP contribution in [0.2, 0.25) is 0 Å². The van der Waals surface area contributed by atoms with Crippen molar-refractivity contribution in [3.8, 4) is 0 Å². The summed E-state index contributed by atoms with van der Waals surface area (Å²) in [7, 11) is -6.88. The molecule has 0 radical (unpaired) electrons. The van der Waals surface area contributed by atoms with Crippen LogP contribution in [0.5, 0.6) is 0 Å². The largest absolute Gasteiger partial charge is 0.353 e. The molecule has 0 bridgehead atoms. The van der Waals surface area contributed by atoms with Crippen LogP contribution in [0.25, 0.3) is 0 Å². The third kappa shape index (κ3) is 10.5. The molecule has 1 rings (SSSR count). The molecule has 8 nitrogen and oxygen atoms in total. The lowest BCUT2D eigenvalue weighted by Gasteiger charge is -2.26. The molecule has 1 saturated heterocycles. The molecule has 0 unspecified atom stereocenters. The van der Waals surface area contributed by atoms with Gasteiger partial charge in [0.05, 0.1) is 32.2 Å². The molecule has 0 N–H and O–H groups in total. The van der Waals surface area contributed by atoms with E-state index < -0.39 is 23.8 Å². The molecule has 1 aliphatic rings. The fourth-order valence-electron chi connectivity index (χ4n) is 2.22. The standard InChI is InChI=1S/C15H29O8PS/c1-4-20-24(16,21-5-2)13-10-14(9-12-22-25(3,17)18)23-15-8-6-7-11-19-15/h10,13-15H,4-9,11-12H2,1-3H3/t14-,15+/m0/s1. The number of hydrogen-bond acceptors (Lipinski definition) is 8. The highest BCUT2D eigenvalue weighted by atomic mass is 32.2. The first-order valence-corrected chi connectivity index (χ1v) is 11.9. The molecule has 0 aromatic heterocycles. The van der Waals surface area contributed by atoms with Gasteiger partial charge in [-0.1, -0.05) is 0 Å². The highest BCUT2D eigenvalue weighted by molar-refractivity contribution is 7.85. The van der Waals surface area contributed by atoms with Crippen molar-refractivity contribution in [2.45, 2.75) is 51.9 Å². The van der Waals surface area contributed by atoms with Crippen molar-refractivity contribution in [2.75, 3.05) is 32.7 Å². The first-order chi connectivity index (χ1) is 11.8. The lowest BCUT2D eigenvalue weighted by Crippen LogP contribution is -2.28. The zero-order valence-corrected chi connectivity index (χ0v) is 16.8. The molecule has 0 aliphatic carbocycles. The van der Waals surface area contributed by atoms with Crippen molar-refractivity contribution < 1.29 is 35.7 Å². The van der Waals surface area contributed by atoms with E-state index in [2.05, 4.69) is 0 Å². The van der Waals surface area contributed by atoms with Gasteiger partial charge in [0.25, 0.3) is 10.1 Å². The average molecular weight is 400 g/mol. The maximum Gasteiger partial charge on any atom is 0.353 e. The molecule has 1 heterocycles. The molecule has 0 aromatic carbocycles. The van der Waals surface area contributed by atoms with Crippen LogP contribution < -0.4 is 0 Å². The summed E-state index contributed by atoms with van der Waals surface area (Å²) in [6.07, 6.45) is 4.66. The quantitative estimate of drug-likeness (QED) is 0.364. The normalized spacial score (nSPS) is 20.8. The van der Waals surface area contributed by atoms with E-state index in [-0.39, 0.29) is 32.5 Å². The maximum absolute atomic E-state index is 12.5. The number of hydrogen-bond donors (Lipinski definition) is 0. The van der Waals surface area contributed by atoms with Gasteiger partial charge in [0.2, 0.25) is 0 Å². The van der Waals surface area contributed by atoms with Crippen molar-refractivity contribution in [1.82, 2.24) is 0 Å². The van der Waals surface area contributed by atoms with Crippen LogP contribution in [0.1, 0.15) is 39.5 Å². The second-order valence-electron chi connectivity index (χ2n) is 5.50. The predicted molar refractivity (Wildman–Crippen MR) is 93.9 cm³/mol. The van der Waals surface area contributed by atoms with E-state index in [1.807, 2.05) is 0 Å². The summed E-state index contributed by atoms with van der Waals surface area (Å²) < 4.78 is 61.2. The topological polar surface area (TPSA) is 97.4 Å². The van der Waals surface area contributed by atoms with Crippen molar-refractivity contribution in [2.24, 2.45) is 0 Å². The van der Waals surface area contributed by atoms with Gasteiger partial charge in [-0.05, 0) is 39.2 Å². The van der Waals surface area contributed by atoms with Crippen LogP contribution >= 0.6 is 7.60 Å². The first kappa shape index (κ1) is 22.8. The van der Waals surface area contributed by atoms with E-state index in [9.17, 15) is 13.0 Å². The molecule has 10 heteroatoms. The van der Waals surface area contributed by atoms with Crippen LogP contribution in [-0.4, -0.2) is 53.5 Å². The molecule has 148 valence electrons. The molecule has 1 aliphatic heterocycles. The Morgan fingerprint density at radius 3 is 2.44 bits per heavy atom. The van der Waals surface area contributed by atoms with E-state index in [0.29, 0.717) is 6.61 Å². The zero-order valence-electron chi connectivity index (χ0n) is 15.1. The van der Waals surface area contributed by atoms with Crippen molar-refractivity contribution in [3.05, 3.63) is 11.9 Å². The minimum absolute atomic E-state index is 0.0475. The van der Waals surface area contributed by atoms with Crippen LogP contribution in [0.4, 0.5) is 0 Å². The SMILES string of the molecule is CCOP(=O)(C=C[C@H](CCOS(C)(=O)=O)O[C@@H]1CCCCO1)OCC. The van der Waals surface area contributed by atoms with Crippen molar-refractivity contribution >= 4 is 17.7 Å². The van der Waals surface area contributed by atoms with Gasteiger partial charge >= 0.3 is 7.60 Å². The fourth-order valence-corrected chi connectivity index (χ4v) is 3.99. The average Bonchev–Trinajstić information content (AvgIpc) is 2.53. The fraction of sp³-hybridized carbons (Fsp3) is 0.867. The van der Waals surface area contributed by atoms with Gasteiger partial charge in [0, 0.05) is 18.8 Å². The van der Waals surface area contributed by atoms with Crippen molar-refractivity contribution in [3.63, 3.8) is 0 Å². The minimum atomic E-state index is -3.53. The van der Waals surface area contributed by atoms with Gasteiger partial charge in [-0.25, -0.2) is 0 Å². The molecule has 1 fully saturated rings. The van der Waals surface area contributed by atoms with Crippen LogP contribution in [0, 0.1) is 0 Å². The molecule has 0 saturated carbocycles. The Balaban J connectivity index is 2.72. The monoisotopic (exact) mass is 400 g/mol. The van der Waals surface area contributed by atoms with Crippen LogP contribution in [0.3, 0.4) is 0 Å². The molecule has 2 atom stereocenters.